The summed E-state index contributed by atoms with van der Waals surface area (Å²) in [5.41, 5.74) is 7.92. The van der Waals surface area contributed by atoms with Crippen molar-refractivity contribution in [3.8, 4) is 0 Å². The lowest BCUT2D eigenvalue weighted by atomic mass is 10.0. The second kappa shape index (κ2) is 20.6. The van der Waals surface area contributed by atoms with Crippen molar-refractivity contribution in [2.75, 3.05) is 71.0 Å². The molecule has 0 aromatic heterocycles. The summed E-state index contributed by atoms with van der Waals surface area (Å²) in [4.78, 5) is 34.2. The number of carbonyl (C=O) groups excluding carboxylic acids is 2. The topological polar surface area (TPSA) is 71.2 Å². The monoisotopic (exact) mass is 704 g/mol. The fraction of sp³-hybridized carbons (Fsp3) is 0.409. The first-order valence-corrected chi connectivity index (χ1v) is 18.8. The number of nitrogens with one attached hydrogen (secondary N) is 2. The van der Waals surface area contributed by atoms with Crippen molar-refractivity contribution in [2.24, 2.45) is 0 Å². The SMILES string of the molecule is CC.Cc1ccc(C(=O)Nc2ccc(CN3CCC(N(C)C)CC3)cc2)cc1.Cc1ccc(C(=O)Nc2ccc(CN3CCN(C)CC3)cc2)cc1. The molecule has 0 saturated carbocycles. The van der Waals surface area contributed by atoms with Crippen molar-refractivity contribution in [1.29, 1.82) is 0 Å². The minimum Gasteiger partial charge on any atom is -0.322 e. The third-order valence-corrected chi connectivity index (χ3v) is 9.75. The number of carbonyl (C=O) groups is 2. The van der Waals surface area contributed by atoms with E-state index in [0.29, 0.717) is 17.2 Å². The van der Waals surface area contributed by atoms with Crippen molar-refractivity contribution in [2.45, 2.75) is 59.7 Å². The molecule has 4 aromatic rings. The molecule has 0 unspecified atom stereocenters. The van der Waals surface area contributed by atoms with Gasteiger partial charge >= 0.3 is 0 Å². The highest BCUT2D eigenvalue weighted by molar-refractivity contribution is 6.04. The maximum Gasteiger partial charge on any atom is 0.255 e. The highest BCUT2D eigenvalue weighted by atomic mass is 16.2. The summed E-state index contributed by atoms with van der Waals surface area (Å²) >= 11 is 0. The number of nitrogens with zero attached hydrogens (tertiary/aromatic N) is 4. The Labute approximate surface area is 312 Å². The van der Waals surface area contributed by atoms with Gasteiger partial charge in [0.25, 0.3) is 11.8 Å². The van der Waals surface area contributed by atoms with E-state index in [1.165, 1.54) is 24.0 Å². The summed E-state index contributed by atoms with van der Waals surface area (Å²) < 4.78 is 0. The lowest BCUT2D eigenvalue weighted by molar-refractivity contribution is 0.101. The number of amides is 2. The Kier molecular flexibility index (Phi) is 16.0. The maximum absolute atomic E-state index is 12.3. The number of benzene rings is 4. The van der Waals surface area contributed by atoms with Gasteiger partial charge in [-0.25, -0.2) is 0 Å². The van der Waals surface area contributed by atoms with Crippen molar-refractivity contribution in [1.82, 2.24) is 19.6 Å². The molecule has 2 heterocycles. The van der Waals surface area contributed by atoms with Gasteiger partial charge < -0.3 is 20.4 Å². The fourth-order valence-corrected chi connectivity index (χ4v) is 6.32. The number of hydrogen-bond acceptors (Lipinski definition) is 6. The number of rotatable bonds is 9. The second-order valence-electron chi connectivity index (χ2n) is 14.1. The third-order valence-electron chi connectivity index (χ3n) is 9.75. The number of anilines is 2. The molecular weight excluding hydrogens is 645 g/mol. The quantitative estimate of drug-likeness (QED) is 0.185. The molecule has 8 heteroatoms. The van der Waals surface area contributed by atoms with Crippen LogP contribution in [0.3, 0.4) is 0 Å². The maximum atomic E-state index is 12.3. The molecule has 52 heavy (non-hydrogen) atoms. The van der Waals surface area contributed by atoms with Crippen molar-refractivity contribution >= 4 is 23.2 Å². The Morgan fingerprint density at radius 1 is 0.577 bits per heavy atom. The molecule has 0 atom stereocenters. The van der Waals surface area contributed by atoms with Crippen LogP contribution in [0.4, 0.5) is 11.4 Å². The Hall–Kier alpha value is -4.34. The lowest BCUT2D eigenvalue weighted by Gasteiger charge is -2.35. The second-order valence-corrected chi connectivity index (χ2v) is 14.1. The van der Waals surface area contributed by atoms with Gasteiger partial charge in [0.1, 0.15) is 0 Å². The van der Waals surface area contributed by atoms with E-state index < -0.39 is 0 Å². The molecule has 2 N–H and O–H groups in total. The summed E-state index contributed by atoms with van der Waals surface area (Å²) in [5, 5.41) is 5.92. The molecule has 2 aliphatic rings. The number of piperidine rings is 1. The summed E-state index contributed by atoms with van der Waals surface area (Å²) in [5.74, 6) is -0.134. The predicted octanol–water partition coefficient (Wildman–Crippen LogP) is 7.79. The molecule has 0 bridgehead atoms. The molecule has 0 radical (unpaired) electrons. The van der Waals surface area contributed by atoms with Gasteiger partial charge in [0.05, 0.1) is 0 Å². The summed E-state index contributed by atoms with van der Waals surface area (Å²) in [6, 6.07) is 32.3. The normalized spacial score (nSPS) is 15.5. The summed E-state index contributed by atoms with van der Waals surface area (Å²) in [6.45, 7) is 16.8. The van der Waals surface area contributed by atoms with Crippen molar-refractivity contribution < 1.29 is 9.59 Å². The first kappa shape index (κ1) is 40.4. The van der Waals surface area contributed by atoms with Crippen LogP contribution >= 0.6 is 0 Å². The Morgan fingerprint density at radius 2 is 0.942 bits per heavy atom. The predicted molar refractivity (Wildman–Crippen MR) is 217 cm³/mol. The number of likely N-dealkylation sites (tertiary alicyclic amines) is 1. The van der Waals surface area contributed by atoms with E-state index in [9.17, 15) is 9.59 Å². The lowest BCUT2D eigenvalue weighted by Crippen LogP contribution is -2.43. The van der Waals surface area contributed by atoms with Crippen LogP contribution in [0.1, 0.15) is 69.7 Å². The first-order chi connectivity index (χ1) is 25.1. The molecule has 8 nitrogen and oxygen atoms in total. The van der Waals surface area contributed by atoms with Gasteiger partial charge in [0.2, 0.25) is 0 Å². The molecule has 6 rings (SSSR count). The molecule has 4 aromatic carbocycles. The number of likely N-dealkylation sites (N-methyl/N-ethyl adjacent to an activating group) is 1. The van der Waals surface area contributed by atoms with Gasteiger partial charge in [-0.2, -0.15) is 0 Å². The number of piperazine rings is 1. The largest absolute Gasteiger partial charge is 0.322 e. The molecule has 2 aliphatic heterocycles. The summed E-state index contributed by atoms with van der Waals surface area (Å²) in [6.07, 6.45) is 2.47. The average molecular weight is 705 g/mol. The van der Waals surface area contributed by atoms with Crippen LogP contribution in [0.25, 0.3) is 0 Å². The van der Waals surface area contributed by atoms with Gasteiger partial charge in [-0.3, -0.25) is 19.4 Å². The van der Waals surface area contributed by atoms with Crippen LogP contribution in [0.2, 0.25) is 0 Å². The van der Waals surface area contributed by atoms with E-state index >= 15 is 0 Å². The van der Waals surface area contributed by atoms with E-state index in [4.69, 9.17) is 0 Å². The Bertz CT molecular complexity index is 1640. The molecule has 2 saturated heterocycles. The zero-order valence-corrected chi connectivity index (χ0v) is 32.5. The Balaban J connectivity index is 0.000000223. The standard InChI is InChI=1S/C22H29N3O.C20H25N3O.C2H6/c1-17-4-8-19(9-5-17)22(26)23-20-10-6-18(7-11-20)16-25-14-12-21(13-15-25)24(2)3;1-16-3-7-18(8-4-16)20(24)21-19-9-5-17(6-10-19)15-23-13-11-22(2)12-14-23;1-2/h4-11,21H,12-16H2,1-3H3,(H,23,26);3-10H,11-15H2,1-2H3,(H,21,24);1-2H3. The van der Waals surface area contributed by atoms with E-state index in [0.717, 1.165) is 74.9 Å². The van der Waals surface area contributed by atoms with E-state index in [1.807, 2.05) is 100 Å². The molecule has 0 spiro atoms. The first-order valence-electron chi connectivity index (χ1n) is 18.8. The van der Waals surface area contributed by atoms with Crippen molar-refractivity contribution in [3.63, 3.8) is 0 Å². The van der Waals surface area contributed by atoms with Crippen molar-refractivity contribution in [3.05, 3.63) is 130 Å². The Morgan fingerprint density at radius 3 is 1.31 bits per heavy atom. The zero-order chi connectivity index (χ0) is 37.5. The smallest absolute Gasteiger partial charge is 0.255 e. The van der Waals surface area contributed by atoms with E-state index in [1.54, 1.807) is 0 Å². The van der Waals surface area contributed by atoms with Crippen LogP contribution < -0.4 is 10.6 Å². The minimum absolute atomic E-state index is 0.0662. The van der Waals surface area contributed by atoms with Crippen LogP contribution in [0.15, 0.2) is 97.1 Å². The zero-order valence-electron chi connectivity index (χ0n) is 32.5. The van der Waals surface area contributed by atoms with Gasteiger partial charge in [-0.1, -0.05) is 73.5 Å². The van der Waals surface area contributed by atoms with Crippen LogP contribution in [0, 0.1) is 13.8 Å². The van der Waals surface area contributed by atoms with Crippen LogP contribution in [-0.4, -0.2) is 97.9 Å². The van der Waals surface area contributed by atoms with Gasteiger partial charge in [0.15, 0.2) is 0 Å². The molecule has 278 valence electrons. The fourth-order valence-electron chi connectivity index (χ4n) is 6.32. The van der Waals surface area contributed by atoms with Gasteiger partial charge in [0, 0.05) is 67.8 Å². The molecule has 2 fully saturated rings. The number of aryl methyl sites for hydroxylation is 2. The van der Waals surface area contributed by atoms with Gasteiger partial charge in [-0.15, -0.1) is 0 Å². The van der Waals surface area contributed by atoms with Crippen LogP contribution in [-0.2, 0) is 13.1 Å². The number of hydrogen-bond donors (Lipinski definition) is 2. The molecular formula is C44H60N6O2. The molecule has 2 amide bonds. The summed E-state index contributed by atoms with van der Waals surface area (Å²) in [7, 11) is 6.51. The molecule has 0 aliphatic carbocycles. The minimum atomic E-state index is -0.0678. The highest BCUT2D eigenvalue weighted by Crippen LogP contribution is 2.19. The highest BCUT2D eigenvalue weighted by Gasteiger charge is 2.20. The van der Waals surface area contributed by atoms with E-state index in [2.05, 4.69) is 75.6 Å². The van der Waals surface area contributed by atoms with E-state index in [-0.39, 0.29) is 11.8 Å². The third kappa shape index (κ3) is 13.0. The average Bonchev–Trinajstić information content (AvgIpc) is 3.16. The van der Waals surface area contributed by atoms with Gasteiger partial charge in [-0.05, 0) is 121 Å². The van der Waals surface area contributed by atoms with Crippen LogP contribution in [0.5, 0.6) is 0 Å².